The van der Waals surface area contributed by atoms with Gasteiger partial charge in [-0.05, 0) is 13.8 Å². The van der Waals surface area contributed by atoms with E-state index in [0.29, 0.717) is 0 Å². The van der Waals surface area contributed by atoms with Crippen molar-refractivity contribution in [2.45, 2.75) is 25.9 Å². The van der Waals surface area contributed by atoms with Gasteiger partial charge in [-0.25, -0.2) is 0 Å². The van der Waals surface area contributed by atoms with Crippen LogP contribution >= 0.6 is 0 Å². The molecule has 0 aromatic carbocycles. The van der Waals surface area contributed by atoms with Gasteiger partial charge in [0.25, 0.3) is 0 Å². The average molecular weight is 171 g/mol. The van der Waals surface area contributed by atoms with Gasteiger partial charge in [-0.15, -0.1) is 0 Å². The molecule has 0 spiro atoms. The molecule has 1 amide bonds. The van der Waals surface area contributed by atoms with Gasteiger partial charge in [-0.2, -0.15) is 0 Å². The van der Waals surface area contributed by atoms with Gasteiger partial charge in [-0.1, -0.05) is 0 Å². The second-order valence-corrected chi connectivity index (χ2v) is 3.10. The largest absolute Gasteiger partial charge is 0.333 e. The second-order valence-electron chi connectivity index (χ2n) is 3.10. The normalized spacial score (nSPS) is 23.8. The number of carbonyl (C=O) groups excluding carboxylic acids is 1. The molecule has 1 atom stereocenters. The van der Waals surface area contributed by atoms with E-state index in [1.54, 1.807) is 0 Å². The quantitative estimate of drug-likeness (QED) is 0.436. The molecule has 67 valence electrons. The molecule has 1 heterocycles. The van der Waals surface area contributed by atoms with E-state index in [1.807, 2.05) is 13.8 Å². The van der Waals surface area contributed by atoms with Crippen molar-refractivity contribution in [3.05, 3.63) is 16.5 Å². The first-order valence-electron chi connectivity index (χ1n) is 3.81. The second kappa shape index (κ2) is 3.08. The van der Waals surface area contributed by atoms with E-state index < -0.39 is 11.0 Å². The third kappa shape index (κ3) is 1.54. The van der Waals surface area contributed by atoms with Gasteiger partial charge in [0, 0.05) is 11.0 Å². The molecule has 1 rings (SSSR count). The fraction of sp³-hybridized carbons (Fsp3) is 0.714. The number of hydrogen-bond donors (Lipinski definition) is 0. The Hall–Kier alpha value is -1.13. The zero-order valence-electron chi connectivity index (χ0n) is 7.06. The van der Waals surface area contributed by atoms with Crippen molar-refractivity contribution >= 4 is 5.91 Å². The lowest BCUT2D eigenvalue weighted by Crippen LogP contribution is -2.33. The summed E-state index contributed by atoms with van der Waals surface area (Å²) < 4.78 is 0. The van der Waals surface area contributed by atoms with Crippen LogP contribution in [0.3, 0.4) is 0 Å². The third-order valence-electron chi connectivity index (χ3n) is 1.90. The average Bonchev–Trinajstić information content (AvgIpc) is 2.30. The maximum absolute atomic E-state index is 11.1. The Morgan fingerprint density at radius 1 is 1.75 bits per heavy atom. The predicted molar refractivity (Wildman–Crippen MR) is 41.9 cm³/mol. The predicted octanol–water partition coefficient (Wildman–Crippen LogP) is 0.0866. The highest BCUT2D eigenvalue weighted by atomic mass is 16.6. The number of hydrogen-bond acceptors (Lipinski definition) is 3. The maximum atomic E-state index is 11.1. The van der Waals surface area contributed by atoms with Crippen molar-refractivity contribution < 1.29 is 9.72 Å². The standard InChI is InChI=1S/C7H11N2O3/c1-5(2)8-4-6(9(11)12)3-7(8)10/h3,5-6H,4H2,1-2H3. The van der Waals surface area contributed by atoms with Crippen LogP contribution in [0.4, 0.5) is 0 Å². The molecular formula is C7H11N2O3. The van der Waals surface area contributed by atoms with Crippen molar-refractivity contribution in [3.63, 3.8) is 0 Å². The summed E-state index contributed by atoms with van der Waals surface area (Å²) in [5.74, 6) is -0.230. The van der Waals surface area contributed by atoms with Crippen molar-refractivity contribution in [1.29, 1.82) is 0 Å². The van der Waals surface area contributed by atoms with Crippen LogP contribution in [0.5, 0.6) is 0 Å². The summed E-state index contributed by atoms with van der Waals surface area (Å²) >= 11 is 0. The molecule has 0 saturated carbocycles. The molecule has 12 heavy (non-hydrogen) atoms. The molecule has 0 N–H and O–H groups in total. The first kappa shape index (κ1) is 8.96. The van der Waals surface area contributed by atoms with Crippen LogP contribution in [0.15, 0.2) is 0 Å². The monoisotopic (exact) mass is 171 g/mol. The van der Waals surface area contributed by atoms with Crippen molar-refractivity contribution in [2.24, 2.45) is 0 Å². The third-order valence-corrected chi connectivity index (χ3v) is 1.90. The molecule has 1 aliphatic heterocycles. The SMILES string of the molecule is CC(C)N1CC([N+](=O)[O-])[CH]C1=O. The van der Waals surface area contributed by atoms with E-state index in [1.165, 1.54) is 11.3 Å². The van der Waals surface area contributed by atoms with Crippen LogP contribution in [0.25, 0.3) is 0 Å². The summed E-state index contributed by atoms with van der Waals surface area (Å²) in [5, 5.41) is 10.3. The highest BCUT2D eigenvalue weighted by Crippen LogP contribution is 2.14. The molecule has 0 aromatic heterocycles. The first-order chi connectivity index (χ1) is 5.52. The van der Waals surface area contributed by atoms with Crippen LogP contribution in [0.2, 0.25) is 0 Å². The van der Waals surface area contributed by atoms with Gasteiger partial charge in [0.05, 0.1) is 6.54 Å². The van der Waals surface area contributed by atoms with E-state index >= 15 is 0 Å². The van der Waals surface area contributed by atoms with Gasteiger partial charge in [0.1, 0.15) is 6.42 Å². The van der Waals surface area contributed by atoms with Gasteiger partial charge in [-0.3, -0.25) is 14.9 Å². The number of nitrogens with zero attached hydrogens (tertiary/aromatic N) is 2. The van der Waals surface area contributed by atoms with Crippen molar-refractivity contribution in [3.8, 4) is 0 Å². The van der Waals surface area contributed by atoms with E-state index in [4.69, 9.17) is 0 Å². The van der Waals surface area contributed by atoms with E-state index in [2.05, 4.69) is 0 Å². The van der Waals surface area contributed by atoms with Crippen LogP contribution in [0.1, 0.15) is 13.8 Å². The molecule has 5 heteroatoms. The lowest BCUT2D eigenvalue weighted by molar-refractivity contribution is -0.509. The molecule has 0 aliphatic carbocycles. The van der Waals surface area contributed by atoms with Crippen molar-refractivity contribution in [1.82, 2.24) is 4.90 Å². The summed E-state index contributed by atoms with van der Waals surface area (Å²) in [6, 6.07) is -0.779. The first-order valence-corrected chi connectivity index (χ1v) is 3.81. The topological polar surface area (TPSA) is 63.4 Å². The molecule has 1 fully saturated rings. The van der Waals surface area contributed by atoms with E-state index in [0.717, 1.165) is 0 Å². The number of likely N-dealkylation sites (tertiary alicyclic amines) is 1. The Bertz CT molecular complexity index is 215. The Morgan fingerprint density at radius 2 is 2.33 bits per heavy atom. The molecule has 0 bridgehead atoms. The van der Waals surface area contributed by atoms with Gasteiger partial charge >= 0.3 is 0 Å². The number of amides is 1. The van der Waals surface area contributed by atoms with Crippen LogP contribution in [-0.2, 0) is 4.79 Å². The van der Waals surface area contributed by atoms with E-state index in [-0.39, 0.29) is 18.5 Å². The van der Waals surface area contributed by atoms with Crippen LogP contribution in [-0.4, -0.2) is 34.4 Å². The lowest BCUT2D eigenvalue weighted by Gasteiger charge is -2.18. The Balaban J connectivity index is 2.62. The molecule has 1 aliphatic rings. The summed E-state index contributed by atoms with van der Waals surface area (Å²) in [6.07, 6.45) is 1.17. The Labute approximate surface area is 70.5 Å². The van der Waals surface area contributed by atoms with Crippen LogP contribution in [0, 0.1) is 16.5 Å². The lowest BCUT2D eigenvalue weighted by atomic mass is 10.3. The highest BCUT2D eigenvalue weighted by molar-refractivity contribution is 5.88. The minimum Gasteiger partial charge on any atom is -0.333 e. The molecule has 1 unspecified atom stereocenters. The molecule has 5 nitrogen and oxygen atoms in total. The molecule has 1 saturated heterocycles. The summed E-state index contributed by atoms with van der Waals surface area (Å²) in [7, 11) is 0. The highest BCUT2D eigenvalue weighted by Gasteiger charge is 2.38. The maximum Gasteiger partial charge on any atom is 0.243 e. The molecule has 1 radical (unpaired) electrons. The van der Waals surface area contributed by atoms with Gasteiger partial charge in [0.2, 0.25) is 11.9 Å². The molecule has 0 aromatic rings. The fourth-order valence-corrected chi connectivity index (χ4v) is 1.20. The summed E-state index contributed by atoms with van der Waals surface area (Å²) in [6.45, 7) is 3.89. The molecular weight excluding hydrogens is 160 g/mol. The van der Waals surface area contributed by atoms with E-state index in [9.17, 15) is 14.9 Å². The summed E-state index contributed by atoms with van der Waals surface area (Å²) in [5.41, 5.74) is 0. The Kier molecular flexibility index (Phi) is 2.30. The zero-order chi connectivity index (χ0) is 9.30. The number of nitro groups is 1. The smallest absolute Gasteiger partial charge is 0.243 e. The minimum absolute atomic E-state index is 0.0405. The van der Waals surface area contributed by atoms with Crippen LogP contribution < -0.4 is 0 Å². The summed E-state index contributed by atoms with van der Waals surface area (Å²) in [4.78, 5) is 22.5. The van der Waals surface area contributed by atoms with Gasteiger partial charge < -0.3 is 4.90 Å². The fourth-order valence-electron chi connectivity index (χ4n) is 1.20. The minimum atomic E-state index is -0.820. The van der Waals surface area contributed by atoms with Gasteiger partial charge in [0.15, 0.2) is 0 Å². The zero-order valence-corrected chi connectivity index (χ0v) is 7.06. The number of rotatable bonds is 2. The number of carbonyl (C=O) groups is 1. The Morgan fingerprint density at radius 3 is 2.58 bits per heavy atom. The van der Waals surface area contributed by atoms with Crippen molar-refractivity contribution in [2.75, 3.05) is 6.54 Å².